The minimum atomic E-state index is -5.34. The number of carbonyl (C=O) groups excluding carboxylic acids is 2. The van der Waals surface area contributed by atoms with E-state index in [1.54, 1.807) is 11.5 Å². The van der Waals surface area contributed by atoms with E-state index in [0.717, 1.165) is 17.7 Å². The van der Waals surface area contributed by atoms with Crippen molar-refractivity contribution in [3.63, 3.8) is 0 Å². The number of rotatable bonds is 6. The monoisotopic (exact) mass is 484 g/mol. The van der Waals surface area contributed by atoms with Crippen LogP contribution >= 0.6 is 0 Å². The zero-order valence-electron chi connectivity index (χ0n) is 18.7. The van der Waals surface area contributed by atoms with E-state index < -0.39 is 29.8 Å². The van der Waals surface area contributed by atoms with Gasteiger partial charge in [-0.15, -0.1) is 5.92 Å². The van der Waals surface area contributed by atoms with E-state index in [9.17, 15) is 27.6 Å². The molecule has 0 saturated carbocycles. The summed E-state index contributed by atoms with van der Waals surface area (Å²) >= 11 is 0. The van der Waals surface area contributed by atoms with Crippen molar-refractivity contribution >= 4 is 29.1 Å². The normalized spacial score (nSPS) is 14.9. The molecule has 1 aliphatic heterocycles. The first kappa shape index (κ1) is 25.0. The Kier molecular flexibility index (Phi) is 7.45. The quantitative estimate of drug-likeness (QED) is 0.352. The molecule has 3 rings (SSSR count). The lowest BCUT2D eigenvalue weighted by Gasteiger charge is -2.28. The van der Waals surface area contributed by atoms with Crippen LogP contribution < -0.4 is 20.5 Å². The lowest BCUT2D eigenvalue weighted by atomic mass is 10.3. The number of carbonyl (C=O) groups is 2. The predicted octanol–water partition coefficient (Wildman–Crippen LogP) is 0.352. The molecule has 14 heteroatoms. The number of nitrogens with zero attached hydrogens (tertiary/aromatic N) is 5. The van der Waals surface area contributed by atoms with Crippen LogP contribution in [0.5, 0.6) is 6.01 Å². The van der Waals surface area contributed by atoms with Crippen LogP contribution in [-0.2, 0) is 27.9 Å². The van der Waals surface area contributed by atoms with Crippen LogP contribution in [0.15, 0.2) is 4.79 Å². The fourth-order valence-corrected chi connectivity index (χ4v) is 3.29. The summed E-state index contributed by atoms with van der Waals surface area (Å²) in [5, 5.41) is 3.23. The number of anilines is 1. The van der Waals surface area contributed by atoms with Crippen LogP contribution in [0, 0.1) is 11.8 Å². The molecule has 1 atom stereocenters. The lowest BCUT2D eigenvalue weighted by Crippen LogP contribution is -2.44. The Labute approximate surface area is 191 Å². The van der Waals surface area contributed by atoms with Crippen molar-refractivity contribution in [2.45, 2.75) is 39.1 Å². The van der Waals surface area contributed by atoms with Gasteiger partial charge in [0.15, 0.2) is 17.3 Å². The highest BCUT2D eigenvalue weighted by Crippen LogP contribution is 2.22. The summed E-state index contributed by atoms with van der Waals surface area (Å²) in [7, 11) is 1.33. The highest BCUT2D eigenvalue weighted by atomic mass is 19.4. The van der Waals surface area contributed by atoms with E-state index >= 15 is 0 Å². The summed E-state index contributed by atoms with van der Waals surface area (Å²) in [6, 6.07) is -0.362. The summed E-state index contributed by atoms with van der Waals surface area (Å²) < 4.78 is 49.2. The first-order valence-electron chi connectivity index (χ1n) is 10.4. The molecule has 34 heavy (non-hydrogen) atoms. The van der Waals surface area contributed by atoms with Crippen LogP contribution in [0.3, 0.4) is 0 Å². The third-order valence-corrected chi connectivity index (χ3v) is 5.04. The second kappa shape index (κ2) is 10.1. The van der Waals surface area contributed by atoms with E-state index in [-0.39, 0.29) is 30.1 Å². The second-order valence-corrected chi connectivity index (χ2v) is 7.31. The van der Waals surface area contributed by atoms with E-state index in [1.165, 1.54) is 14.0 Å². The Hall–Kier alpha value is -3.60. The van der Waals surface area contributed by atoms with Crippen molar-refractivity contribution in [2.24, 2.45) is 7.05 Å². The molecule has 0 spiro atoms. The maximum absolute atomic E-state index is 13.2. The molecule has 0 radical (unpaired) electrons. The Balaban J connectivity index is 2.00. The van der Waals surface area contributed by atoms with Crippen molar-refractivity contribution in [1.82, 2.24) is 24.4 Å². The number of alkyl halides is 3. The third kappa shape index (κ3) is 5.14. The number of ether oxygens (including phenoxy) is 2. The smallest absolute Gasteiger partial charge is 0.449 e. The molecule has 184 valence electrons. The van der Waals surface area contributed by atoms with Crippen molar-refractivity contribution in [2.75, 3.05) is 31.1 Å². The van der Waals surface area contributed by atoms with Crippen molar-refractivity contribution < 1.29 is 32.2 Å². The minimum Gasteiger partial charge on any atom is -0.449 e. The van der Waals surface area contributed by atoms with Gasteiger partial charge in [-0.3, -0.25) is 13.9 Å². The highest BCUT2D eigenvalue weighted by Gasteiger charge is 2.43. The Morgan fingerprint density at radius 3 is 2.50 bits per heavy atom. The molecule has 1 aliphatic rings. The molecule has 0 amide bonds. The first-order chi connectivity index (χ1) is 16.1. The zero-order chi connectivity index (χ0) is 25.0. The Bertz CT molecular complexity index is 1200. The molecule has 1 N–H and O–H groups in total. The molecule has 2 aromatic rings. The van der Waals surface area contributed by atoms with Crippen LogP contribution in [0.2, 0.25) is 0 Å². The number of aromatic nitrogens is 4. The number of fused-ring (bicyclic) bond motifs is 1. The zero-order valence-corrected chi connectivity index (χ0v) is 18.7. The molecule has 1 saturated heterocycles. The van der Waals surface area contributed by atoms with Gasteiger partial charge in [0.2, 0.25) is 5.95 Å². The van der Waals surface area contributed by atoms with Gasteiger partial charge in [-0.05, 0) is 13.3 Å². The van der Waals surface area contributed by atoms with Gasteiger partial charge < -0.3 is 19.7 Å². The molecule has 11 nitrogen and oxygen atoms in total. The van der Waals surface area contributed by atoms with Gasteiger partial charge in [0.25, 0.3) is 5.56 Å². The van der Waals surface area contributed by atoms with Crippen LogP contribution in [0.1, 0.15) is 20.3 Å². The summed E-state index contributed by atoms with van der Waals surface area (Å²) in [6.07, 6.45) is -7.10. The topological polar surface area (TPSA) is 121 Å². The summed E-state index contributed by atoms with van der Waals surface area (Å²) in [4.78, 5) is 46.9. The number of hydrogen-bond acceptors (Lipinski definition) is 9. The minimum absolute atomic E-state index is 0.0270. The standard InChI is InChI=1S/C20H23F3N6O5/c1-4-6-9-29-13-14(25-18(29)28-10-7-24-8-11-28)26-19(27(3)15(13)30)33-12(5-2)16(31)34-17(32)20(21,22)23/h12,24H,5,7-11H2,1-3H3. The molecule has 3 heterocycles. The van der Waals surface area contributed by atoms with Crippen molar-refractivity contribution in [3.8, 4) is 17.9 Å². The van der Waals surface area contributed by atoms with E-state index in [0.29, 0.717) is 19.0 Å². The van der Waals surface area contributed by atoms with Crippen LogP contribution in [-0.4, -0.2) is 69.5 Å². The molecule has 2 aromatic heterocycles. The maximum atomic E-state index is 13.2. The number of piperazine rings is 1. The third-order valence-electron chi connectivity index (χ3n) is 5.04. The Morgan fingerprint density at radius 2 is 1.91 bits per heavy atom. The van der Waals surface area contributed by atoms with Gasteiger partial charge in [0.05, 0.1) is 6.54 Å². The predicted molar refractivity (Wildman–Crippen MR) is 113 cm³/mol. The fourth-order valence-electron chi connectivity index (χ4n) is 3.29. The molecular weight excluding hydrogens is 461 g/mol. The van der Waals surface area contributed by atoms with Crippen LogP contribution in [0.4, 0.5) is 19.1 Å². The van der Waals surface area contributed by atoms with Gasteiger partial charge in [0.1, 0.15) is 0 Å². The summed E-state index contributed by atoms with van der Waals surface area (Å²) in [5.41, 5.74) is -0.366. The summed E-state index contributed by atoms with van der Waals surface area (Å²) in [5.74, 6) is 1.96. The van der Waals surface area contributed by atoms with Gasteiger partial charge in [-0.1, -0.05) is 12.8 Å². The van der Waals surface area contributed by atoms with Crippen LogP contribution in [0.25, 0.3) is 11.2 Å². The van der Waals surface area contributed by atoms with Crippen molar-refractivity contribution in [3.05, 3.63) is 10.4 Å². The number of hydrogen-bond donors (Lipinski definition) is 1. The second-order valence-electron chi connectivity index (χ2n) is 7.31. The molecule has 0 bridgehead atoms. The summed E-state index contributed by atoms with van der Waals surface area (Å²) in [6.45, 7) is 6.01. The SMILES string of the molecule is CC#CCn1c(N2CCNCC2)nc2nc(OC(CC)C(=O)OC(=O)C(F)(F)F)n(C)c(=O)c21. The van der Waals surface area contributed by atoms with E-state index in [2.05, 4.69) is 31.9 Å². The van der Waals surface area contributed by atoms with Gasteiger partial charge in [-0.25, -0.2) is 9.59 Å². The molecule has 0 aromatic carbocycles. The highest BCUT2D eigenvalue weighted by molar-refractivity contribution is 5.90. The molecular formula is C20H23F3N6O5. The largest absolute Gasteiger partial charge is 0.491 e. The molecule has 1 fully saturated rings. The average molecular weight is 484 g/mol. The molecule has 0 aliphatic carbocycles. The first-order valence-corrected chi connectivity index (χ1v) is 10.4. The number of esters is 2. The number of halogens is 3. The van der Waals surface area contributed by atoms with Crippen molar-refractivity contribution in [1.29, 1.82) is 0 Å². The Morgan fingerprint density at radius 1 is 1.24 bits per heavy atom. The van der Waals surface area contributed by atoms with Gasteiger partial charge in [0, 0.05) is 33.2 Å². The number of imidazole rings is 1. The molecule has 1 unspecified atom stereocenters. The van der Waals surface area contributed by atoms with Gasteiger partial charge in [-0.2, -0.15) is 23.1 Å². The lowest BCUT2D eigenvalue weighted by molar-refractivity contribution is -0.204. The van der Waals surface area contributed by atoms with E-state index in [4.69, 9.17) is 4.74 Å². The fraction of sp³-hybridized carbons (Fsp3) is 0.550. The maximum Gasteiger partial charge on any atom is 0.491 e. The average Bonchev–Trinajstić information content (AvgIpc) is 3.17. The van der Waals surface area contributed by atoms with Gasteiger partial charge >= 0.3 is 24.1 Å². The number of nitrogens with one attached hydrogen (secondary N) is 1. The van der Waals surface area contributed by atoms with E-state index in [1.807, 2.05) is 4.90 Å².